The number of carbonyl (C=O) groups excluding carboxylic acids is 2. The topological polar surface area (TPSA) is 119 Å². The molecular formula is C19H18N4O5S3. The molecule has 0 unspecified atom stereocenters. The van der Waals surface area contributed by atoms with Crippen molar-refractivity contribution >= 4 is 55.8 Å². The Hall–Kier alpha value is -2.96. The Morgan fingerprint density at radius 1 is 1.06 bits per heavy atom. The first-order chi connectivity index (χ1) is 14.9. The van der Waals surface area contributed by atoms with Crippen LogP contribution < -0.4 is 9.62 Å². The zero-order chi connectivity index (χ0) is 22.3. The highest BCUT2D eigenvalue weighted by atomic mass is 32.2. The van der Waals surface area contributed by atoms with E-state index in [0.29, 0.717) is 10.0 Å². The minimum absolute atomic E-state index is 0.0657. The van der Waals surface area contributed by atoms with Gasteiger partial charge in [0.1, 0.15) is 6.54 Å². The predicted molar refractivity (Wildman–Crippen MR) is 119 cm³/mol. The van der Waals surface area contributed by atoms with E-state index in [2.05, 4.69) is 20.3 Å². The maximum Gasteiger partial charge on any atom is 0.316 e. The Kier molecular flexibility index (Phi) is 7.60. The number of amides is 1. The number of hydrogen-bond acceptors (Lipinski definition) is 9. The molecular weight excluding hydrogens is 460 g/mol. The molecule has 0 bridgehead atoms. The van der Waals surface area contributed by atoms with Crippen molar-refractivity contribution in [3.63, 3.8) is 0 Å². The van der Waals surface area contributed by atoms with Crippen LogP contribution in [0.4, 0.5) is 10.8 Å². The Labute approximate surface area is 187 Å². The number of aromatic nitrogens is 2. The fraction of sp³-hybridized carbons (Fsp3) is 0.158. The second-order valence-electron chi connectivity index (χ2n) is 5.95. The van der Waals surface area contributed by atoms with E-state index >= 15 is 0 Å². The smallest absolute Gasteiger partial charge is 0.316 e. The van der Waals surface area contributed by atoms with Crippen molar-refractivity contribution < 1.29 is 22.7 Å². The van der Waals surface area contributed by atoms with Crippen LogP contribution in [-0.2, 0) is 24.3 Å². The molecule has 12 heteroatoms. The zero-order valence-electron chi connectivity index (χ0n) is 16.3. The monoisotopic (exact) mass is 478 g/mol. The summed E-state index contributed by atoms with van der Waals surface area (Å²) in [6.07, 6.45) is 0. The highest BCUT2D eigenvalue weighted by molar-refractivity contribution is 8.01. The van der Waals surface area contributed by atoms with Gasteiger partial charge in [0, 0.05) is 0 Å². The van der Waals surface area contributed by atoms with E-state index in [1.807, 2.05) is 0 Å². The van der Waals surface area contributed by atoms with Gasteiger partial charge in [-0.1, -0.05) is 59.5 Å². The highest BCUT2D eigenvalue weighted by Gasteiger charge is 2.27. The summed E-state index contributed by atoms with van der Waals surface area (Å²) in [5, 5.41) is 10.5. The minimum Gasteiger partial charge on any atom is -0.468 e. The molecule has 1 aromatic heterocycles. The van der Waals surface area contributed by atoms with Crippen molar-refractivity contribution in [3.05, 3.63) is 60.7 Å². The maximum atomic E-state index is 13.2. The lowest BCUT2D eigenvalue weighted by Crippen LogP contribution is -2.38. The van der Waals surface area contributed by atoms with Gasteiger partial charge in [0.2, 0.25) is 11.0 Å². The third-order valence-corrected chi connectivity index (χ3v) is 7.59. The van der Waals surface area contributed by atoms with Gasteiger partial charge in [-0.15, -0.1) is 10.2 Å². The molecule has 0 aliphatic heterocycles. The number of hydrogen-bond donors (Lipinski definition) is 1. The number of nitrogens with zero attached hydrogens (tertiary/aromatic N) is 3. The number of nitrogens with one attached hydrogen (secondary N) is 1. The molecule has 9 nitrogen and oxygen atoms in total. The molecule has 0 saturated heterocycles. The first kappa shape index (κ1) is 22.7. The average molecular weight is 479 g/mol. The SMILES string of the molecule is COC(=O)CSc1nnc(NC(=O)CN(c2ccccc2)S(=O)(=O)c2ccccc2)s1. The van der Waals surface area contributed by atoms with Gasteiger partial charge in [-0.2, -0.15) is 0 Å². The maximum absolute atomic E-state index is 13.2. The van der Waals surface area contributed by atoms with Crippen LogP contribution in [0.25, 0.3) is 0 Å². The Balaban J connectivity index is 1.76. The number of rotatable bonds is 9. The molecule has 0 atom stereocenters. The third kappa shape index (κ3) is 6.03. The molecule has 1 heterocycles. The number of sulfonamides is 1. The van der Waals surface area contributed by atoms with Crippen LogP contribution in [0.1, 0.15) is 0 Å². The number of esters is 1. The van der Waals surface area contributed by atoms with Gasteiger partial charge in [-0.3, -0.25) is 19.2 Å². The molecule has 0 radical (unpaired) electrons. The number of benzene rings is 2. The summed E-state index contributed by atoms with van der Waals surface area (Å²) < 4.78 is 32.4. The van der Waals surface area contributed by atoms with Gasteiger partial charge in [-0.05, 0) is 24.3 Å². The van der Waals surface area contributed by atoms with Crippen LogP contribution in [0.15, 0.2) is 69.9 Å². The fourth-order valence-corrected chi connectivity index (χ4v) is 5.46. The fourth-order valence-electron chi connectivity index (χ4n) is 2.42. The van der Waals surface area contributed by atoms with Crippen LogP contribution >= 0.6 is 23.1 Å². The van der Waals surface area contributed by atoms with Gasteiger partial charge in [0.05, 0.1) is 23.4 Å². The van der Waals surface area contributed by atoms with Crippen LogP contribution in [0.5, 0.6) is 0 Å². The summed E-state index contributed by atoms with van der Waals surface area (Å²) >= 11 is 2.20. The van der Waals surface area contributed by atoms with Crippen LogP contribution in [0.2, 0.25) is 0 Å². The number of ether oxygens (including phenoxy) is 1. The molecule has 3 rings (SSSR count). The van der Waals surface area contributed by atoms with Crippen molar-refractivity contribution in [3.8, 4) is 0 Å². The Morgan fingerprint density at radius 3 is 2.35 bits per heavy atom. The van der Waals surface area contributed by atoms with Crippen molar-refractivity contribution in [2.45, 2.75) is 9.24 Å². The second-order valence-corrected chi connectivity index (χ2v) is 10.0. The van der Waals surface area contributed by atoms with Crippen LogP contribution in [-0.4, -0.2) is 49.9 Å². The number of methoxy groups -OCH3 is 1. The van der Waals surface area contributed by atoms with Crippen molar-refractivity contribution in [1.29, 1.82) is 0 Å². The first-order valence-electron chi connectivity index (χ1n) is 8.86. The molecule has 0 aliphatic rings. The van der Waals surface area contributed by atoms with E-state index < -0.39 is 28.4 Å². The lowest BCUT2D eigenvalue weighted by Gasteiger charge is -2.23. The number of para-hydroxylation sites is 1. The minimum atomic E-state index is -3.97. The summed E-state index contributed by atoms with van der Waals surface area (Å²) in [5.74, 6) is -0.921. The quantitative estimate of drug-likeness (QED) is 0.283. The van der Waals surface area contributed by atoms with E-state index in [9.17, 15) is 18.0 Å². The van der Waals surface area contributed by atoms with Crippen LogP contribution in [0.3, 0.4) is 0 Å². The second kappa shape index (κ2) is 10.4. The first-order valence-corrected chi connectivity index (χ1v) is 12.1. The lowest BCUT2D eigenvalue weighted by atomic mass is 10.3. The standard InChI is InChI=1S/C19H18N4O5S3/c1-28-17(25)13-29-19-22-21-18(30-19)20-16(24)12-23(14-8-4-2-5-9-14)31(26,27)15-10-6-3-7-11-15/h2-11H,12-13H2,1H3,(H,20,21,24). The lowest BCUT2D eigenvalue weighted by molar-refractivity contribution is -0.137. The molecule has 3 aromatic rings. The molecule has 31 heavy (non-hydrogen) atoms. The van der Waals surface area contributed by atoms with E-state index in [0.717, 1.165) is 27.4 Å². The third-order valence-electron chi connectivity index (χ3n) is 3.86. The van der Waals surface area contributed by atoms with Crippen molar-refractivity contribution in [1.82, 2.24) is 10.2 Å². The molecule has 1 amide bonds. The van der Waals surface area contributed by atoms with Gasteiger partial charge < -0.3 is 4.74 Å². The molecule has 162 valence electrons. The van der Waals surface area contributed by atoms with Gasteiger partial charge in [-0.25, -0.2) is 8.42 Å². The highest BCUT2D eigenvalue weighted by Crippen LogP contribution is 2.26. The van der Waals surface area contributed by atoms with Gasteiger partial charge in [0.15, 0.2) is 4.34 Å². The molecule has 0 aliphatic carbocycles. The van der Waals surface area contributed by atoms with E-state index in [4.69, 9.17) is 0 Å². The van der Waals surface area contributed by atoms with E-state index in [1.165, 1.54) is 19.2 Å². The number of carbonyl (C=O) groups is 2. The number of anilines is 2. The number of thioether (sulfide) groups is 1. The van der Waals surface area contributed by atoms with E-state index in [1.54, 1.807) is 48.5 Å². The Morgan fingerprint density at radius 2 is 1.71 bits per heavy atom. The van der Waals surface area contributed by atoms with Crippen LogP contribution in [0, 0.1) is 0 Å². The molecule has 0 fully saturated rings. The molecule has 1 N–H and O–H groups in total. The summed E-state index contributed by atoms with van der Waals surface area (Å²) in [6, 6.07) is 16.2. The van der Waals surface area contributed by atoms with Gasteiger partial charge >= 0.3 is 5.97 Å². The van der Waals surface area contributed by atoms with Crippen molar-refractivity contribution in [2.24, 2.45) is 0 Å². The predicted octanol–water partition coefficient (Wildman–Crippen LogP) is 2.64. The summed E-state index contributed by atoms with van der Waals surface area (Å²) in [5.41, 5.74) is 0.355. The molecule has 0 saturated carbocycles. The normalized spacial score (nSPS) is 11.0. The van der Waals surface area contributed by atoms with Crippen molar-refractivity contribution in [2.75, 3.05) is 29.0 Å². The zero-order valence-corrected chi connectivity index (χ0v) is 18.7. The Bertz CT molecular complexity index is 1140. The molecule has 2 aromatic carbocycles. The molecule has 0 spiro atoms. The summed E-state index contributed by atoms with van der Waals surface area (Å²) in [6.45, 7) is -0.453. The van der Waals surface area contributed by atoms with E-state index in [-0.39, 0.29) is 15.8 Å². The average Bonchev–Trinajstić information content (AvgIpc) is 3.24. The largest absolute Gasteiger partial charge is 0.468 e. The summed E-state index contributed by atoms with van der Waals surface area (Å²) in [7, 11) is -2.68. The summed E-state index contributed by atoms with van der Waals surface area (Å²) in [4.78, 5) is 23.9. The van der Waals surface area contributed by atoms with Gasteiger partial charge in [0.25, 0.3) is 10.0 Å².